The number of ether oxygens (including phenoxy) is 2. The third kappa shape index (κ3) is 5.17. The predicted octanol–water partition coefficient (Wildman–Crippen LogP) is 3.52. The van der Waals surface area contributed by atoms with Crippen molar-refractivity contribution in [3.63, 3.8) is 0 Å². The number of hydrogen-bond donors (Lipinski definition) is 1. The molecule has 0 radical (unpaired) electrons. The molecule has 0 spiro atoms. The number of carbonyl (C=O) groups excluding carboxylic acids is 2. The number of nitro groups is 1. The summed E-state index contributed by atoms with van der Waals surface area (Å²) in [6, 6.07) is 12.9. The first kappa shape index (κ1) is 20.9. The molecule has 0 aliphatic heterocycles. The maximum absolute atomic E-state index is 12.4. The van der Waals surface area contributed by atoms with Crippen molar-refractivity contribution >= 4 is 45.2 Å². The van der Waals surface area contributed by atoms with Crippen LogP contribution >= 0.6 is 11.3 Å². The van der Waals surface area contributed by atoms with Crippen molar-refractivity contribution in [1.29, 1.82) is 0 Å². The van der Waals surface area contributed by atoms with E-state index >= 15 is 0 Å². The fourth-order valence-corrected chi connectivity index (χ4v) is 3.46. The molecule has 1 N–H and O–H groups in total. The number of nitrogens with zero attached hydrogens (tertiary/aromatic N) is 2. The average Bonchev–Trinajstić information content (AvgIpc) is 3.16. The quantitative estimate of drug-likeness (QED) is 0.254. The first-order chi connectivity index (χ1) is 14.5. The second-order valence-corrected chi connectivity index (χ2v) is 7.00. The summed E-state index contributed by atoms with van der Waals surface area (Å²) in [6.07, 6.45) is 1.40. The number of hydrazone groups is 1. The molecule has 0 aliphatic carbocycles. The van der Waals surface area contributed by atoms with Crippen LogP contribution in [0.2, 0.25) is 0 Å². The van der Waals surface area contributed by atoms with E-state index in [2.05, 4.69) is 10.5 Å². The van der Waals surface area contributed by atoms with Crippen LogP contribution in [0.4, 0.5) is 5.69 Å². The van der Waals surface area contributed by atoms with Crippen LogP contribution in [0.3, 0.4) is 0 Å². The van der Waals surface area contributed by atoms with Gasteiger partial charge in [-0.2, -0.15) is 5.10 Å². The first-order valence-electron chi connectivity index (χ1n) is 8.86. The van der Waals surface area contributed by atoms with E-state index in [0.717, 1.165) is 4.70 Å². The Morgan fingerprint density at radius 3 is 2.80 bits per heavy atom. The molecule has 0 unspecified atom stereocenters. The molecule has 3 aromatic rings. The number of benzene rings is 2. The van der Waals surface area contributed by atoms with Crippen molar-refractivity contribution in [1.82, 2.24) is 5.43 Å². The Morgan fingerprint density at radius 2 is 2.03 bits per heavy atom. The number of nitrogens with one attached hydrogen (secondary N) is 1. The van der Waals surface area contributed by atoms with Gasteiger partial charge >= 0.3 is 5.97 Å². The van der Waals surface area contributed by atoms with E-state index in [1.807, 2.05) is 0 Å². The second kappa shape index (κ2) is 9.61. The molecule has 154 valence electrons. The summed E-state index contributed by atoms with van der Waals surface area (Å²) in [4.78, 5) is 34.6. The van der Waals surface area contributed by atoms with E-state index in [4.69, 9.17) is 9.47 Å². The number of nitro benzene ring substituents is 1. The molecule has 0 saturated heterocycles. The smallest absolute Gasteiger partial charge is 0.344 e. The SMILES string of the molecule is CCOC(=O)COc1ccccc1/C=N\NC(=O)c1cc2cc([N+](=O)[O-])ccc2s1. The summed E-state index contributed by atoms with van der Waals surface area (Å²) < 4.78 is 11.0. The highest BCUT2D eigenvalue weighted by molar-refractivity contribution is 7.20. The Labute approximate surface area is 175 Å². The highest BCUT2D eigenvalue weighted by Gasteiger charge is 2.13. The molecule has 2 aromatic carbocycles. The minimum absolute atomic E-state index is 0.0373. The van der Waals surface area contributed by atoms with Gasteiger partial charge < -0.3 is 9.47 Å². The highest BCUT2D eigenvalue weighted by Crippen LogP contribution is 2.28. The molecule has 1 aromatic heterocycles. The third-order valence-corrected chi connectivity index (χ3v) is 4.99. The second-order valence-electron chi connectivity index (χ2n) is 5.92. The molecular formula is C20H17N3O6S. The summed E-state index contributed by atoms with van der Waals surface area (Å²) in [5.41, 5.74) is 2.94. The van der Waals surface area contributed by atoms with Gasteiger partial charge in [0.2, 0.25) is 0 Å². The Bertz CT molecular complexity index is 1120. The lowest BCUT2D eigenvalue weighted by Crippen LogP contribution is -2.17. The topological polar surface area (TPSA) is 120 Å². The van der Waals surface area contributed by atoms with Crippen LogP contribution in [-0.2, 0) is 9.53 Å². The lowest BCUT2D eigenvalue weighted by Gasteiger charge is -2.08. The Kier molecular flexibility index (Phi) is 6.71. The number of rotatable bonds is 8. The molecule has 0 saturated carbocycles. The lowest BCUT2D eigenvalue weighted by atomic mass is 10.2. The maximum atomic E-state index is 12.4. The molecule has 0 bridgehead atoms. The van der Waals surface area contributed by atoms with Gasteiger partial charge in [-0.1, -0.05) is 12.1 Å². The van der Waals surface area contributed by atoms with Gasteiger partial charge in [0, 0.05) is 27.8 Å². The largest absolute Gasteiger partial charge is 0.481 e. The van der Waals surface area contributed by atoms with Gasteiger partial charge in [-0.05, 0) is 31.2 Å². The van der Waals surface area contributed by atoms with E-state index in [-0.39, 0.29) is 18.9 Å². The molecular weight excluding hydrogens is 410 g/mol. The third-order valence-electron chi connectivity index (χ3n) is 3.87. The number of thiophene rings is 1. The molecule has 0 fully saturated rings. The Morgan fingerprint density at radius 1 is 1.23 bits per heavy atom. The number of non-ortho nitro benzene ring substituents is 1. The number of hydrogen-bond acceptors (Lipinski definition) is 8. The minimum Gasteiger partial charge on any atom is -0.481 e. The molecule has 1 heterocycles. The van der Waals surface area contributed by atoms with Gasteiger partial charge in [0.25, 0.3) is 11.6 Å². The van der Waals surface area contributed by atoms with E-state index in [9.17, 15) is 19.7 Å². The number of fused-ring (bicyclic) bond motifs is 1. The summed E-state index contributed by atoms with van der Waals surface area (Å²) in [5, 5.41) is 15.4. The van der Waals surface area contributed by atoms with Crippen LogP contribution in [0, 0.1) is 10.1 Å². The normalized spacial score (nSPS) is 10.8. The lowest BCUT2D eigenvalue weighted by molar-refractivity contribution is -0.384. The number of esters is 1. The van der Waals surface area contributed by atoms with Gasteiger partial charge in [0.15, 0.2) is 6.61 Å². The van der Waals surface area contributed by atoms with E-state index in [1.54, 1.807) is 43.3 Å². The van der Waals surface area contributed by atoms with Crippen LogP contribution in [0.5, 0.6) is 5.75 Å². The van der Waals surface area contributed by atoms with Gasteiger partial charge in [-0.25, -0.2) is 10.2 Å². The number of carbonyl (C=O) groups is 2. The monoisotopic (exact) mass is 427 g/mol. The first-order valence-corrected chi connectivity index (χ1v) is 9.68. The van der Waals surface area contributed by atoms with Gasteiger partial charge in [0.05, 0.1) is 22.6 Å². The Hall–Kier alpha value is -3.79. The van der Waals surface area contributed by atoms with Gasteiger partial charge in [-0.15, -0.1) is 11.3 Å². The fourth-order valence-electron chi connectivity index (χ4n) is 2.53. The summed E-state index contributed by atoms with van der Waals surface area (Å²) in [6.45, 7) is 1.74. The van der Waals surface area contributed by atoms with E-state index in [1.165, 1.54) is 29.7 Å². The zero-order chi connectivity index (χ0) is 21.5. The van der Waals surface area contributed by atoms with E-state index < -0.39 is 16.8 Å². The van der Waals surface area contributed by atoms with Crippen LogP contribution in [-0.4, -0.2) is 36.2 Å². The number of para-hydroxylation sites is 1. The standard InChI is InChI=1S/C20H17N3O6S/c1-2-28-19(24)12-29-16-6-4-3-5-13(16)11-21-22-20(25)18-10-14-9-15(23(26)27)7-8-17(14)30-18/h3-11H,2,12H2,1H3,(H,22,25)/b21-11-. The zero-order valence-corrected chi connectivity index (χ0v) is 16.7. The Balaban J connectivity index is 1.67. The van der Waals surface area contributed by atoms with Crippen molar-refractivity contribution in [3.05, 3.63) is 69.1 Å². The predicted molar refractivity (Wildman–Crippen MR) is 112 cm³/mol. The molecule has 0 aliphatic rings. The van der Waals surface area contributed by atoms with Crippen molar-refractivity contribution in [3.8, 4) is 5.75 Å². The van der Waals surface area contributed by atoms with Gasteiger partial charge in [-0.3, -0.25) is 14.9 Å². The molecule has 30 heavy (non-hydrogen) atoms. The van der Waals surface area contributed by atoms with E-state index in [0.29, 0.717) is 21.6 Å². The molecule has 10 heteroatoms. The zero-order valence-electron chi connectivity index (χ0n) is 15.9. The number of amides is 1. The molecule has 9 nitrogen and oxygen atoms in total. The van der Waals surface area contributed by atoms with Crippen LogP contribution in [0.1, 0.15) is 22.2 Å². The summed E-state index contributed by atoms with van der Waals surface area (Å²) >= 11 is 1.21. The summed E-state index contributed by atoms with van der Waals surface area (Å²) in [7, 11) is 0. The van der Waals surface area contributed by atoms with Crippen LogP contribution < -0.4 is 10.2 Å². The summed E-state index contributed by atoms with van der Waals surface area (Å²) in [5.74, 6) is -0.514. The van der Waals surface area contributed by atoms with Crippen LogP contribution in [0.15, 0.2) is 53.6 Å². The average molecular weight is 427 g/mol. The van der Waals surface area contributed by atoms with Crippen molar-refractivity contribution in [2.45, 2.75) is 6.92 Å². The van der Waals surface area contributed by atoms with Crippen molar-refractivity contribution < 1.29 is 24.0 Å². The fraction of sp³-hybridized carbons (Fsp3) is 0.150. The molecule has 1 amide bonds. The highest BCUT2D eigenvalue weighted by atomic mass is 32.1. The maximum Gasteiger partial charge on any atom is 0.344 e. The van der Waals surface area contributed by atoms with Crippen molar-refractivity contribution in [2.24, 2.45) is 5.10 Å². The molecule has 3 rings (SSSR count). The minimum atomic E-state index is -0.484. The van der Waals surface area contributed by atoms with Gasteiger partial charge in [0.1, 0.15) is 5.75 Å². The molecule has 0 atom stereocenters. The van der Waals surface area contributed by atoms with Crippen LogP contribution in [0.25, 0.3) is 10.1 Å². The van der Waals surface area contributed by atoms with Crippen molar-refractivity contribution in [2.75, 3.05) is 13.2 Å².